The lowest BCUT2D eigenvalue weighted by atomic mass is 9.91. The molecule has 112 valence electrons. The number of hydrazone groups is 1. The quantitative estimate of drug-likeness (QED) is 0.810. The highest BCUT2D eigenvalue weighted by Crippen LogP contribution is 2.38. The van der Waals surface area contributed by atoms with E-state index in [1.807, 2.05) is 12.1 Å². The predicted molar refractivity (Wildman–Crippen MR) is 94.2 cm³/mol. The van der Waals surface area contributed by atoms with Gasteiger partial charge in [-0.25, -0.2) is 0 Å². The fraction of sp³-hybridized carbons (Fsp3) is 0.438. The molecule has 1 aliphatic carbocycles. The lowest BCUT2D eigenvalue weighted by Gasteiger charge is -2.25. The van der Waals surface area contributed by atoms with Crippen LogP contribution < -0.4 is 5.73 Å². The highest BCUT2D eigenvalue weighted by Gasteiger charge is 2.27. The Bertz CT molecular complexity index is 624. The van der Waals surface area contributed by atoms with Crippen LogP contribution in [0.2, 0.25) is 0 Å². The van der Waals surface area contributed by atoms with Gasteiger partial charge in [0.15, 0.2) is 0 Å². The predicted octanol–water partition coefficient (Wildman–Crippen LogP) is 4.21. The van der Waals surface area contributed by atoms with Gasteiger partial charge in [0.2, 0.25) is 0 Å². The molecule has 2 N–H and O–H groups in total. The van der Waals surface area contributed by atoms with Crippen LogP contribution in [0.15, 0.2) is 38.4 Å². The highest BCUT2D eigenvalue weighted by molar-refractivity contribution is 9.10. The standard InChI is InChI=1S/C16H20BrN3S/c1-10-9-11(7-8-13(10)17)15-19-20(2)16(21-15)12-5-3-4-6-14(12)18/h7-9,14H,3-6,18H2,1-2H3. The second kappa shape index (κ2) is 6.15. The van der Waals surface area contributed by atoms with Crippen molar-refractivity contribution in [1.29, 1.82) is 0 Å². The minimum Gasteiger partial charge on any atom is -0.324 e. The van der Waals surface area contributed by atoms with Crippen LogP contribution >= 0.6 is 27.7 Å². The maximum Gasteiger partial charge on any atom is 0.130 e. The molecule has 0 radical (unpaired) electrons. The monoisotopic (exact) mass is 365 g/mol. The van der Waals surface area contributed by atoms with Crippen molar-refractivity contribution in [2.45, 2.75) is 38.6 Å². The van der Waals surface area contributed by atoms with Gasteiger partial charge in [-0.1, -0.05) is 28.4 Å². The average Bonchev–Trinajstić information content (AvgIpc) is 2.84. The summed E-state index contributed by atoms with van der Waals surface area (Å²) >= 11 is 5.31. The number of halogens is 1. The molecule has 1 aromatic rings. The zero-order valence-electron chi connectivity index (χ0n) is 12.4. The van der Waals surface area contributed by atoms with Crippen molar-refractivity contribution in [3.63, 3.8) is 0 Å². The van der Waals surface area contributed by atoms with E-state index in [0.717, 1.165) is 22.4 Å². The Hall–Kier alpha value is -0.780. The number of nitrogens with two attached hydrogens (primary N) is 1. The van der Waals surface area contributed by atoms with Gasteiger partial charge in [0.1, 0.15) is 5.04 Å². The summed E-state index contributed by atoms with van der Waals surface area (Å²) in [4.78, 5) is 0. The fourth-order valence-corrected chi connectivity index (χ4v) is 4.23. The topological polar surface area (TPSA) is 41.6 Å². The Morgan fingerprint density at radius 2 is 2.19 bits per heavy atom. The molecule has 3 nitrogen and oxygen atoms in total. The van der Waals surface area contributed by atoms with E-state index < -0.39 is 0 Å². The van der Waals surface area contributed by atoms with Crippen molar-refractivity contribution in [2.24, 2.45) is 10.8 Å². The van der Waals surface area contributed by atoms with Crippen molar-refractivity contribution >= 4 is 32.7 Å². The first-order valence-electron chi connectivity index (χ1n) is 7.31. The third kappa shape index (κ3) is 3.05. The molecule has 1 fully saturated rings. The molecule has 1 heterocycles. The number of hydrogen-bond acceptors (Lipinski definition) is 4. The third-order valence-corrected chi connectivity index (χ3v) is 6.19. The Labute approximate surface area is 138 Å². The summed E-state index contributed by atoms with van der Waals surface area (Å²) in [6.07, 6.45) is 4.69. The minimum atomic E-state index is 0.199. The molecular weight excluding hydrogens is 346 g/mol. The lowest BCUT2D eigenvalue weighted by molar-refractivity contribution is 0.454. The zero-order chi connectivity index (χ0) is 15.0. The van der Waals surface area contributed by atoms with Crippen molar-refractivity contribution < 1.29 is 0 Å². The molecule has 1 unspecified atom stereocenters. The van der Waals surface area contributed by atoms with Gasteiger partial charge in [0, 0.05) is 23.1 Å². The number of rotatable bonds is 1. The Morgan fingerprint density at radius 3 is 2.90 bits per heavy atom. The summed E-state index contributed by atoms with van der Waals surface area (Å²) < 4.78 is 1.14. The third-order valence-electron chi connectivity index (χ3n) is 4.07. The van der Waals surface area contributed by atoms with E-state index >= 15 is 0 Å². The first-order valence-corrected chi connectivity index (χ1v) is 8.92. The minimum absolute atomic E-state index is 0.199. The van der Waals surface area contributed by atoms with Crippen LogP contribution in [-0.4, -0.2) is 23.1 Å². The molecule has 0 aromatic heterocycles. The van der Waals surface area contributed by atoms with Crippen LogP contribution in [0.5, 0.6) is 0 Å². The summed E-state index contributed by atoms with van der Waals surface area (Å²) in [7, 11) is 2.02. The summed E-state index contributed by atoms with van der Waals surface area (Å²) in [5, 5.41) is 9.00. The molecule has 2 aliphatic rings. The second-order valence-corrected chi connectivity index (χ2v) is 7.51. The molecule has 1 saturated carbocycles. The molecule has 0 bridgehead atoms. The molecule has 1 aliphatic heterocycles. The first kappa shape index (κ1) is 15.1. The van der Waals surface area contributed by atoms with Crippen LogP contribution in [0, 0.1) is 6.92 Å². The van der Waals surface area contributed by atoms with Gasteiger partial charge in [-0.05, 0) is 61.2 Å². The van der Waals surface area contributed by atoms with Gasteiger partial charge in [-0.3, -0.25) is 5.01 Å². The normalized spacial score (nSPS) is 26.2. The average molecular weight is 366 g/mol. The van der Waals surface area contributed by atoms with Crippen molar-refractivity contribution in [2.75, 3.05) is 7.05 Å². The Balaban J connectivity index is 1.89. The van der Waals surface area contributed by atoms with E-state index in [4.69, 9.17) is 10.8 Å². The van der Waals surface area contributed by atoms with Gasteiger partial charge in [0.25, 0.3) is 0 Å². The van der Waals surface area contributed by atoms with Gasteiger partial charge in [-0.15, -0.1) is 0 Å². The van der Waals surface area contributed by atoms with Crippen LogP contribution in [-0.2, 0) is 0 Å². The molecule has 21 heavy (non-hydrogen) atoms. The van der Waals surface area contributed by atoms with Gasteiger partial charge in [0.05, 0.1) is 5.03 Å². The summed E-state index contributed by atoms with van der Waals surface area (Å²) in [6, 6.07) is 6.58. The molecule has 1 aromatic carbocycles. The molecule has 0 spiro atoms. The zero-order valence-corrected chi connectivity index (χ0v) is 14.8. The fourth-order valence-electron chi connectivity index (χ4n) is 2.83. The highest BCUT2D eigenvalue weighted by atomic mass is 79.9. The molecule has 0 saturated heterocycles. The SMILES string of the molecule is Cc1cc(C2=NN(C)C(=C3CCCCC3N)S2)ccc1Br. The first-order chi connectivity index (χ1) is 10.1. The van der Waals surface area contributed by atoms with Crippen LogP contribution in [0.25, 0.3) is 0 Å². The Kier molecular flexibility index (Phi) is 4.43. The van der Waals surface area contributed by atoms with Gasteiger partial charge in [-0.2, -0.15) is 5.10 Å². The summed E-state index contributed by atoms with van der Waals surface area (Å²) in [6.45, 7) is 2.11. The second-order valence-electron chi connectivity index (χ2n) is 5.68. The van der Waals surface area contributed by atoms with E-state index in [-0.39, 0.29) is 6.04 Å². The van der Waals surface area contributed by atoms with Gasteiger partial charge >= 0.3 is 0 Å². The number of thioether (sulfide) groups is 1. The molecule has 3 rings (SSSR count). The van der Waals surface area contributed by atoms with E-state index in [2.05, 4.69) is 41.1 Å². The van der Waals surface area contributed by atoms with Crippen molar-refractivity contribution in [3.8, 4) is 0 Å². The van der Waals surface area contributed by atoms with Crippen molar-refractivity contribution in [3.05, 3.63) is 44.4 Å². The maximum absolute atomic E-state index is 6.29. The van der Waals surface area contributed by atoms with Crippen LogP contribution in [0.4, 0.5) is 0 Å². The smallest absolute Gasteiger partial charge is 0.130 e. The molecule has 0 amide bonds. The molecular formula is C16H20BrN3S. The van der Waals surface area contributed by atoms with E-state index in [0.29, 0.717) is 0 Å². The maximum atomic E-state index is 6.29. The van der Waals surface area contributed by atoms with E-state index in [9.17, 15) is 0 Å². The number of benzene rings is 1. The van der Waals surface area contributed by atoms with Crippen LogP contribution in [0.1, 0.15) is 36.8 Å². The largest absolute Gasteiger partial charge is 0.324 e. The number of aryl methyl sites for hydroxylation is 1. The van der Waals surface area contributed by atoms with Crippen LogP contribution in [0.3, 0.4) is 0 Å². The van der Waals surface area contributed by atoms with E-state index in [1.165, 1.54) is 34.6 Å². The molecule has 5 heteroatoms. The number of nitrogens with zero attached hydrogens (tertiary/aromatic N) is 2. The van der Waals surface area contributed by atoms with Crippen molar-refractivity contribution in [1.82, 2.24) is 5.01 Å². The summed E-state index contributed by atoms with van der Waals surface area (Å²) in [5.41, 5.74) is 10.1. The Morgan fingerprint density at radius 1 is 1.38 bits per heavy atom. The van der Waals surface area contributed by atoms with E-state index in [1.54, 1.807) is 11.8 Å². The lowest BCUT2D eigenvalue weighted by Crippen LogP contribution is -2.28. The number of hydrogen-bond donors (Lipinski definition) is 1. The van der Waals surface area contributed by atoms with Gasteiger partial charge < -0.3 is 5.73 Å². The summed E-state index contributed by atoms with van der Waals surface area (Å²) in [5.74, 6) is 0. The molecule has 1 atom stereocenters.